The number of aliphatic imine (C=N–C) groups is 1. The number of amides is 1. The number of hydrogen-bond donors (Lipinski definition) is 0. The molecule has 0 radical (unpaired) electrons. The number of carbonyl (C=O) groups is 1. The van der Waals surface area contributed by atoms with Crippen LogP contribution < -0.4 is 4.90 Å². The maximum absolute atomic E-state index is 13.5. The molecule has 0 bridgehead atoms. The SMILES string of the molecule is C[C@@H]1C[C@H](C)CN(C(=O)[C@@H]2Cc3ccccc3N2C2N=CC=CN2[N+](=O)[O-])C1. The van der Waals surface area contributed by atoms with Gasteiger partial charge in [0.15, 0.2) is 5.03 Å². The van der Waals surface area contributed by atoms with Crippen molar-refractivity contribution in [3.63, 3.8) is 0 Å². The minimum Gasteiger partial charge on any atom is -0.340 e. The largest absolute Gasteiger partial charge is 0.340 e. The third kappa shape index (κ3) is 3.23. The van der Waals surface area contributed by atoms with E-state index >= 15 is 0 Å². The second-order valence-electron chi connectivity index (χ2n) is 8.05. The summed E-state index contributed by atoms with van der Waals surface area (Å²) in [7, 11) is 0. The Bertz CT molecular complexity index is 829. The van der Waals surface area contributed by atoms with Crippen LogP contribution in [0.1, 0.15) is 25.8 Å². The van der Waals surface area contributed by atoms with E-state index in [0.29, 0.717) is 18.3 Å². The van der Waals surface area contributed by atoms with Crippen LogP contribution in [-0.2, 0) is 11.2 Å². The van der Waals surface area contributed by atoms with Crippen molar-refractivity contribution in [2.75, 3.05) is 18.0 Å². The zero-order valence-corrected chi connectivity index (χ0v) is 16.1. The summed E-state index contributed by atoms with van der Waals surface area (Å²) in [5, 5.41) is 12.1. The summed E-state index contributed by atoms with van der Waals surface area (Å²) in [5.41, 5.74) is 1.86. The Kier molecular flexibility index (Phi) is 4.78. The fraction of sp³-hybridized carbons (Fsp3) is 0.500. The Labute approximate surface area is 164 Å². The lowest BCUT2D eigenvalue weighted by Gasteiger charge is -2.40. The standard InChI is InChI=1S/C20H25N5O3/c1-14-10-15(2)13-22(12-14)19(26)18-11-16-6-3-4-7-17(16)24(18)20-21-8-5-9-23(20)25(27)28/h3-9,14-15,18,20H,10-13H2,1-2H3/t14-,15+,18-,20?/m0/s1. The van der Waals surface area contributed by atoms with Gasteiger partial charge >= 0.3 is 0 Å². The highest BCUT2D eigenvalue weighted by Gasteiger charge is 2.45. The van der Waals surface area contributed by atoms with Crippen molar-refractivity contribution in [1.82, 2.24) is 9.91 Å². The first-order chi connectivity index (χ1) is 13.5. The van der Waals surface area contributed by atoms with Gasteiger partial charge in [0, 0.05) is 31.4 Å². The molecule has 1 unspecified atom stereocenters. The fourth-order valence-electron chi connectivity index (χ4n) is 4.69. The molecule has 1 fully saturated rings. The van der Waals surface area contributed by atoms with Gasteiger partial charge in [-0.15, -0.1) is 0 Å². The summed E-state index contributed by atoms with van der Waals surface area (Å²) in [6, 6.07) is 7.23. The zero-order valence-electron chi connectivity index (χ0n) is 16.1. The van der Waals surface area contributed by atoms with Gasteiger partial charge in [-0.3, -0.25) is 4.79 Å². The molecule has 8 nitrogen and oxygen atoms in total. The molecule has 1 saturated heterocycles. The molecule has 1 aromatic carbocycles. The average Bonchev–Trinajstić information content (AvgIpc) is 3.06. The van der Waals surface area contributed by atoms with Crippen LogP contribution in [0.5, 0.6) is 0 Å². The highest BCUT2D eigenvalue weighted by atomic mass is 16.7. The number of carbonyl (C=O) groups excluding carboxylic acids is 1. The number of fused-ring (bicyclic) bond motifs is 1. The molecular formula is C20H25N5O3. The van der Waals surface area contributed by atoms with Crippen LogP contribution in [0, 0.1) is 22.0 Å². The highest BCUT2D eigenvalue weighted by molar-refractivity contribution is 5.89. The molecule has 8 heteroatoms. The molecule has 0 spiro atoms. The van der Waals surface area contributed by atoms with Crippen molar-refractivity contribution in [1.29, 1.82) is 0 Å². The topological polar surface area (TPSA) is 82.3 Å². The predicted molar refractivity (Wildman–Crippen MR) is 106 cm³/mol. The first-order valence-electron chi connectivity index (χ1n) is 9.73. The molecule has 4 rings (SSSR count). The maximum atomic E-state index is 13.5. The monoisotopic (exact) mass is 383 g/mol. The zero-order chi connectivity index (χ0) is 19.8. The number of benzene rings is 1. The molecular weight excluding hydrogens is 358 g/mol. The number of hydrogen-bond acceptors (Lipinski definition) is 5. The van der Waals surface area contributed by atoms with E-state index in [1.807, 2.05) is 34.1 Å². The van der Waals surface area contributed by atoms with E-state index in [2.05, 4.69) is 18.8 Å². The van der Waals surface area contributed by atoms with Crippen LogP contribution in [0.15, 0.2) is 41.5 Å². The lowest BCUT2D eigenvalue weighted by molar-refractivity contribution is -0.648. The van der Waals surface area contributed by atoms with Gasteiger partial charge in [-0.2, -0.15) is 0 Å². The summed E-state index contributed by atoms with van der Waals surface area (Å²) in [6.45, 7) is 5.80. The van der Waals surface area contributed by atoms with Gasteiger partial charge in [0.1, 0.15) is 6.04 Å². The number of nitrogens with zero attached hydrogens (tertiary/aromatic N) is 5. The Morgan fingerprint density at radius 1 is 1.21 bits per heavy atom. The van der Waals surface area contributed by atoms with Crippen molar-refractivity contribution in [2.45, 2.75) is 39.0 Å². The smallest absolute Gasteiger partial charge is 0.260 e. The van der Waals surface area contributed by atoms with E-state index < -0.39 is 17.4 Å². The van der Waals surface area contributed by atoms with Gasteiger partial charge in [0.2, 0.25) is 5.91 Å². The quantitative estimate of drug-likeness (QED) is 0.591. The van der Waals surface area contributed by atoms with Gasteiger partial charge in [-0.05, 0) is 36.0 Å². The summed E-state index contributed by atoms with van der Waals surface area (Å²) >= 11 is 0. The lowest BCUT2D eigenvalue weighted by atomic mass is 9.91. The van der Waals surface area contributed by atoms with Crippen LogP contribution in [0.3, 0.4) is 0 Å². The molecule has 3 heterocycles. The van der Waals surface area contributed by atoms with Crippen molar-refractivity contribution >= 4 is 17.8 Å². The minimum atomic E-state index is -0.878. The molecule has 28 heavy (non-hydrogen) atoms. The second kappa shape index (κ2) is 7.26. The predicted octanol–water partition coefficient (Wildman–Crippen LogP) is 2.30. The second-order valence-corrected chi connectivity index (χ2v) is 8.05. The summed E-state index contributed by atoms with van der Waals surface area (Å²) in [6.07, 6.45) is 5.26. The van der Waals surface area contributed by atoms with E-state index in [1.54, 1.807) is 6.21 Å². The van der Waals surface area contributed by atoms with Crippen LogP contribution in [0.4, 0.5) is 5.69 Å². The van der Waals surface area contributed by atoms with Crippen LogP contribution >= 0.6 is 0 Å². The van der Waals surface area contributed by atoms with E-state index in [9.17, 15) is 14.9 Å². The van der Waals surface area contributed by atoms with Crippen molar-refractivity contribution in [3.05, 3.63) is 52.2 Å². The van der Waals surface area contributed by atoms with Gasteiger partial charge < -0.3 is 9.80 Å². The third-order valence-corrected chi connectivity index (χ3v) is 5.70. The molecule has 3 aliphatic rings. The maximum Gasteiger partial charge on any atom is 0.260 e. The van der Waals surface area contributed by atoms with Gasteiger partial charge in [0.25, 0.3) is 6.29 Å². The summed E-state index contributed by atoms with van der Waals surface area (Å²) < 4.78 is 0. The first kappa shape index (κ1) is 18.5. The van der Waals surface area contributed by atoms with Crippen LogP contribution in [0.2, 0.25) is 0 Å². The summed E-state index contributed by atoms with van der Waals surface area (Å²) in [5.74, 6) is 0.939. The number of rotatable bonds is 3. The molecule has 3 aliphatic heterocycles. The molecule has 0 aliphatic carbocycles. The molecule has 1 aromatic rings. The normalized spacial score (nSPS) is 29.1. The van der Waals surface area contributed by atoms with E-state index in [0.717, 1.165) is 35.8 Å². The number of nitro groups is 1. The Hall–Kier alpha value is -2.90. The Morgan fingerprint density at radius 3 is 2.64 bits per heavy atom. The van der Waals surface area contributed by atoms with E-state index in [-0.39, 0.29) is 5.91 Å². The fourth-order valence-corrected chi connectivity index (χ4v) is 4.69. The Balaban J connectivity index is 1.68. The number of allylic oxidation sites excluding steroid dienone is 1. The molecule has 4 atom stereocenters. The van der Waals surface area contributed by atoms with Gasteiger partial charge in [-0.1, -0.05) is 37.1 Å². The molecule has 1 amide bonds. The Morgan fingerprint density at radius 2 is 1.93 bits per heavy atom. The molecule has 0 saturated carbocycles. The van der Waals surface area contributed by atoms with E-state index in [1.165, 1.54) is 12.3 Å². The lowest BCUT2D eigenvalue weighted by Crippen LogP contribution is -2.57. The average molecular weight is 383 g/mol. The van der Waals surface area contributed by atoms with Crippen molar-refractivity contribution in [2.24, 2.45) is 16.8 Å². The summed E-state index contributed by atoms with van der Waals surface area (Å²) in [4.78, 5) is 33.2. The minimum absolute atomic E-state index is 0.0302. The highest BCUT2D eigenvalue weighted by Crippen LogP contribution is 2.37. The van der Waals surface area contributed by atoms with Crippen LogP contribution in [0.25, 0.3) is 0 Å². The van der Waals surface area contributed by atoms with Crippen molar-refractivity contribution < 1.29 is 9.83 Å². The number of piperidine rings is 1. The number of anilines is 1. The molecule has 0 aromatic heterocycles. The number of likely N-dealkylation sites (tertiary alicyclic amines) is 1. The van der Waals surface area contributed by atoms with Crippen LogP contribution in [-0.4, -0.2) is 52.5 Å². The number of hydrazine groups is 1. The molecule has 0 N–H and O–H groups in total. The van der Waals surface area contributed by atoms with Gasteiger partial charge in [0.05, 0.1) is 6.20 Å². The van der Waals surface area contributed by atoms with Gasteiger partial charge in [-0.25, -0.2) is 15.1 Å². The van der Waals surface area contributed by atoms with Crippen molar-refractivity contribution in [3.8, 4) is 0 Å². The van der Waals surface area contributed by atoms with E-state index in [4.69, 9.17) is 0 Å². The number of para-hydroxylation sites is 1. The third-order valence-electron chi connectivity index (χ3n) is 5.70. The first-order valence-corrected chi connectivity index (χ1v) is 9.73. The molecule has 148 valence electrons.